The molecule has 1 aromatic rings. The van der Waals surface area contributed by atoms with Crippen molar-refractivity contribution in [1.82, 2.24) is 5.32 Å². The van der Waals surface area contributed by atoms with Crippen LogP contribution in [0.4, 0.5) is 0 Å². The molecule has 0 spiro atoms. The summed E-state index contributed by atoms with van der Waals surface area (Å²) in [5.74, 6) is 0. The van der Waals surface area contributed by atoms with E-state index < -0.39 is 0 Å². The average molecular weight is 274 g/mol. The summed E-state index contributed by atoms with van der Waals surface area (Å²) < 4.78 is 1.30. The summed E-state index contributed by atoms with van der Waals surface area (Å²) in [5.41, 5.74) is 0.587. The molecular formula is C11H16BrNS. The van der Waals surface area contributed by atoms with Gasteiger partial charge >= 0.3 is 0 Å². The molecule has 1 aromatic heterocycles. The molecule has 0 atom stereocenters. The maximum Gasteiger partial charge on any atom is 0.0314 e. The van der Waals surface area contributed by atoms with Crippen molar-refractivity contribution in [3.63, 3.8) is 0 Å². The molecular weight excluding hydrogens is 258 g/mol. The quantitative estimate of drug-likeness (QED) is 0.867. The lowest BCUT2D eigenvalue weighted by molar-refractivity contribution is 0.465. The Morgan fingerprint density at radius 2 is 2.36 bits per heavy atom. The van der Waals surface area contributed by atoms with Crippen molar-refractivity contribution in [2.75, 3.05) is 13.1 Å². The second kappa shape index (κ2) is 4.33. The van der Waals surface area contributed by atoms with Gasteiger partial charge in [-0.05, 0) is 58.6 Å². The molecule has 0 unspecified atom stereocenters. The van der Waals surface area contributed by atoms with Crippen LogP contribution in [-0.4, -0.2) is 13.1 Å². The van der Waals surface area contributed by atoms with Crippen LogP contribution in [0.25, 0.3) is 0 Å². The Kier molecular flexibility index (Phi) is 3.30. The molecule has 1 aliphatic rings. The summed E-state index contributed by atoms with van der Waals surface area (Å²) in [6.45, 7) is 4.46. The van der Waals surface area contributed by atoms with Gasteiger partial charge in [0.2, 0.25) is 0 Å². The van der Waals surface area contributed by atoms with Gasteiger partial charge < -0.3 is 5.32 Å². The van der Waals surface area contributed by atoms with Gasteiger partial charge in [0, 0.05) is 15.9 Å². The summed E-state index contributed by atoms with van der Waals surface area (Å²) in [7, 11) is 0. The van der Waals surface area contributed by atoms with E-state index >= 15 is 0 Å². The summed E-state index contributed by atoms with van der Waals surface area (Å²) in [6, 6.07) is 2.16. The number of nitrogens with one attached hydrogen (secondary N) is 1. The minimum Gasteiger partial charge on any atom is -0.316 e. The first-order valence-electron chi connectivity index (χ1n) is 5.18. The summed E-state index contributed by atoms with van der Waals surface area (Å²) in [5, 5.41) is 5.64. The van der Waals surface area contributed by atoms with Crippen LogP contribution in [0.15, 0.2) is 15.9 Å². The van der Waals surface area contributed by atoms with E-state index in [0.717, 1.165) is 6.54 Å². The van der Waals surface area contributed by atoms with Gasteiger partial charge in [-0.25, -0.2) is 0 Å². The van der Waals surface area contributed by atoms with Crippen LogP contribution < -0.4 is 5.32 Å². The van der Waals surface area contributed by atoms with Crippen LogP contribution in [0.5, 0.6) is 0 Å². The number of rotatable bonds is 5. The first-order chi connectivity index (χ1) is 6.76. The predicted molar refractivity (Wildman–Crippen MR) is 65.9 cm³/mol. The smallest absolute Gasteiger partial charge is 0.0314 e. The molecule has 2 rings (SSSR count). The van der Waals surface area contributed by atoms with Gasteiger partial charge in [-0.3, -0.25) is 0 Å². The minimum absolute atomic E-state index is 0.587. The number of thiophene rings is 1. The zero-order chi connectivity index (χ0) is 10.0. The Bertz CT molecular complexity index is 304. The molecule has 0 aliphatic heterocycles. The maximum atomic E-state index is 3.60. The molecule has 0 aromatic carbocycles. The largest absolute Gasteiger partial charge is 0.316 e. The third-order valence-electron chi connectivity index (χ3n) is 2.93. The SMILES string of the molecule is CCNCC1(Cc2sccc2Br)CC1. The molecule has 14 heavy (non-hydrogen) atoms. The summed E-state index contributed by atoms with van der Waals surface area (Å²) in [4.78, 5) is 1.51. The van der Waals surface area contributed by atoms with Gasteiger partial charge in [-0.2, -0.15) is 0 Å². The Hall–Kier alpha value is 0.140. The Balaban J connectivity index is 1.94. The van der Waals surface area contributed by atoms with Gasteiger partial charge in [0.25, 0.3) is 0 Å². The van der Waals surface area contributed by atoms with Crippen LogP contribution in [0, 0.1) is 5.41 Å². The van der Waals surface area contributed by atoms with E-state index in [1.807, 2.05) is 11.3 Å². The third-order valence-corrected chi connectivity index (χ3v) is 4.86. The normalized spacial score (nSPS) is 18.4. The zero-order valence-electron chi connectivity index (χ0n) is 8.48. The summed E-state index contributed by atoms with van der Waals surface area (Å²) >= 11 is 5.48. The Morgan fingerprint density at radius 3 is 2.86 bits per heavy atom. The molecule has 78 valence electrons. The van der Waals surface area contributed by atoms with E-state index in [4.69, 9.17) is 0 Å². The van der Waals surface area contributed by atoms with E-state index in [1.165, 1.54) is 35.2 Å². The minimum atomic E-state index is 0.587. The average Bonchev–Trinajstić information content (AvgIpc) is 2.83. The Labute approximate surface area is 98.0 Å². The highest BCUT2D eigenvalue weighted by Gasteiger charge is 2.42. The van der Waals surface area contributed by atoms with Crippen molar-refractivity contribution in [2.24, 2.45) is 5.41 Å². The number of halogens is 1. The van der Waals surface area contributed by atoms with Crippen LogP contribution >= 0.6 is 27.3 Å². The van der Waals surface area contributed by atoms with E-state index in [0.29, 0.717) is 5.41 Å². The number of hydrogen-bond donors (Lipinski definition) is 1. The lowest BCUT2D eigenvalue weighted by Crippen LogP contribution is -2.25. The summed E-state index contributed by atoms with van der Waals surface area (Å²) in [6.07, 6.45) is 4.03. The van der Waals surface area contributed by atoms with Crippen molar-refractivity contribution >= 4 is 27.3 Å². The van der Waals surface area contributed by atoms with Crippen molar-refractivity contribution in [3.05, 3.63) is 20.8 Å². The standard InChI is InChI=1S/C11H16BrNS/c1-2-13-8-11(4-5-11)7-10-9(12)3-6-14-10/h3,6,13H,2,4-5,7-8H2,1H3. The van der Waals surface area contributed by atoms with Gasteiger partial charge in [0.15, 0.2) is 0 Å². The fourth-order valence-electron chi connectivity index (χ4n) is 1.77. The molecule has 3 heteroatoms. The molecule has 1 N–H and O–H groups in total. The van der Waals surface area contributed by atoms with Crippen molar-refractivity contribution in [1.29, 1.82) is 0 Å². The molecule has 0 saturated heterocycles. The number of hydrogen-bond acceptors (Lipinski definition) is 2. The van der Waals surface area contributed by atoms with E-state index in [1.54, 1.807) is 0 Å². The molecule has 1 heterocycles. The zero-order valence-corrected chi connectivity index (χ0v) is 10.9. The molecule has 1 nitrogen and oxygen atoms in total. The Morgan fingerprint density at radius 1 is 1.57 bits per heavy atom. The highest BCUT2D eigenvalue weighted by molar-refractivity contribution is 9.10. The molecule has 1 fully saturated rings. The van der Waals surface area contributed by atoms with Gasteiger partial charge in [0.1, 0.15) is 0 Å². The molecule has 1 saturated carbocycles. The first-order valence-corrected chi connectivity index (χ1v) is 6.86. The second-order valence-corrected chi connectivity index (χ2v) is 6.00. The monoisotopic (exact) mass is 273 g/mol. The van der Waals surface area contributed by atoms with E-state index in [2.05, 4.69) is 39.6 Å². The predicted octanol–water partition coefficient (Wildman–Crippen LogP) is 3.44. The van der Waals surface area contributed by atoms with Crippen LogP contribution in [0.2, 0.25) is 0 Å². The van der Waals surface area contributed by atoms with Gasteiger partial charge in [0.05, 0.1) is 0 Å². The second-order valence-electron chi connectivity index (χ2n) is 4.15. The fraction of sp³-hybridized carbons (Fsp3) is 0.636. The molecule has 0 amide bonds. The van der Waals surface area contributed by atoms with Crippen LogP contribution in [0.1, 0.15) is 24.6 Å². The lowest BCUT2D eigenvalue weighted by atomic mass is 10.0. The van der Waals surface area contributed by atoms with E-state index in [-0.39, 0.29) is 0 Å². The highest BCUT2D eigenvalue weighted by Crippen LogP contribution is 2.49. The highest BCUT2D eigenvalue weighted by atomic mass is 79.9. The van der Waals surface area contributed by atoms with Gasteiger partial charge in [-0.15, -0.1) is 11.3 Å². The van der Waals surface area contributed by atoms with Crippen LogP contribution in [-0.2, 0) is 6.42 Å². The van der Waals surface area contributed by atoms with Gasteiger partial charge in [-0.1, -0.05) is 6.92 Å². The first kappa shape index (κ1) is 10.7. The third kappa shape index (κ3) is 2.38. The molecule has 0 radical (unpaired) electrons. The van der Waals surface area contributed by atoms with Crippen molar-refractivity contribution in [3.8, 4) is 0 Å². The fourth-order valence-corrected chi connectivity index (χ4v) is 3.44. The molecule has 1 aliphatic carbocycles. The van der Waals surface area contributed by atoms with Crippen LogP contribution in [0.3, 0.4) is 0 Å². The van der Waals surface area contributed by atoms with Crippen molar-refractivity contribution in [2.45, 2.75) is 26.2 Å². The maximum absolute atomic E-state index is 3.60. The lowest BCUT2D eigenvalue weighted by Gasteiger charge is -2.14. The van der Waals surface area contributed by atoms with E-state index in [9.17, 15) is 0 Å². The topological polar surface area (TPSA) is 12.0 Å². The molecule has 0 bridgehead atoms. The van der Waals surface area contributed by atoms with Crippen molar-refractivity contribution < 1.29 is 0 Å².